The zero-order valence-electron chi connectivity index (χ0n) is 10.3. The minimum Gasteiger partial charge on any atom is -0.493 e. The fourth-order valence-electron chi connectivity index (χ4n) is 2.37. The van der Waals surface area contributed by atoms with Crippen molar-refractivity contribution >= 4 is 55.1 Å². The highest BCUT2D eigenvalue weighted by Crippen LogP contribution is 2.44. The van der Waals surface area contributed by atoms with Crippen LogP contribution in [0, 0.1) is 0 Å². The Balaban J connectivity index is 2.11. The summed E-state index contributed by atoms with van der Waals surface area (Å²) >= 11 is 20.0. The Bertz CT molecular complexity index is 673. The van der Waals surface area contributed by atoms with Gasteiger partial charge >= 0.3 is 0 Å². The number of fused-ring (bicyclic) bond motifs is 1. The van der Waals surface area contributed by atoms with Crippen molar-refractivity contribution in [2.75, 3.05) is 6.61 Å². The minimum atomic E-state index is -0.343. The summed E-state index contributed by atoms with van der Waals surface area (Å²) in [7, 11) is 0. The van der Waals surface area contributed by atoms with E-state index in [1.807, 2.05) is 24.3 Å². The Morgan fingerprint density at radius 3 is 2.75 bits per heavy atom. The van der Waals surface area contributed by atoms with Crippen LogP contribution in [0.15, 0.2) is 39.3 Å². The predicted molar refractivity (Wildman–Crippen MR) is 90.2 cm³/mol. The molecule has 1 atom stereocenters. The van der Waals surface area contributed by atoms with Crippen LogP contribution < -0.4 is 4.74 Å². The standard InChI is InChI=1S/C15H10Br2Cl2O/c16-9-6-8-4-5-20-15(8)11(7-9)13(18)10-2-1-3-12(17)14(10)19/h1-3,6-7,13H,4-5H2. The van der Waals surface area contributed by atoms with Gasteiger partial charge in [0.15, 0.2) is 0 Å². The van der Waals surface area contributed by atoms with Gasteiger partial charge in [0.2, 0.25) is 0 Å². The quantitative estimate of drug-likeness (QED) is 0.514. The fraction of sp³-hybridized carbons (Fsp3) is 0.200. The third-order valence-corrected chi connectivity index (χ3v) is 5.54. The molecule has 0 bridgehead atoms. The van der Waals surface area contributed by atoms with Crippen molar-refractivity contribution in [3.63, 3.8) is 0 Å². The molecule has 0 amide bonds. The van der Waals surface area contributed by atoms with Gasteiger partial charge in [0.25, 0.3) is 0 Å². The van der Waals surface area contributed by atoms with Gasteiger partial charge in [-0.25, -0.2) is 0 Å². The number of hydrogen-bond donors (Lipinski definition) is 0. The summed E-state index contributed by atoms with van der Waals surface area (Å²) in [6.07, 6.45) is 0.914. The van der Waals surface area contributed by atoms with E-state index in [9.17, 15) is 0 Å². The molecule has 0 saturated heterocycles. The first-order valence-corrected chi connectivity index (χ1v) is 8.51. The molecule has 0 spiro atoms. The number of benzene rings is 2. The zero-order chi connectivity index (χ0) is 14.3. The van der Waals surface area contributed by atoms with Crippen LogP contribution in [0.5, 0.6) is 5.75 Å². The number of ether oxygens (including phenoxy) is 1. The van der Waals surface area contributed by atoms with E-state index in [1.165, 1.54) is 5.56 Å². The highest BCUT2D eigenvalue weighted by molar-refractivity contribution is 9.10. The molecule has 0 saturated carbocycles. The molecule has 0 fully saturated rings. The van der Waals surface area contributed by atoms with Gasteiger partial charge in [-0.3, -0.25) is 0 Å². The minimum absolute atomic E-state index is 0.343. The molecule has 1 aliphatic rings. The third-order valence-electron chi connectivity index (χ3n) is 3.30. The van der Waals surface area contributed by atoms with E-state index in [-0.39, 0.29) is 5.38 Å². The van der Waals surface area contributed by atoms with E-state index in [0.717, 1.165) is 32.2 Å². The summed E-state index contributed by atoms with van der Waals surface area (Å²) in [6, 6.07) is 9.85. The SMILES string of the molecule is Clc1c(Br)cccc1C(Cl)c1cc(Br)cc2c1OCC2. The number of alkyl halides is 1. The lowest BCUT2D eigenvalue weighted by Gasteiger charge is -2.16. The molecule has 1 heterocycles. The lowest BCUT2D eigenvalue weighted by Crippen LogP contribution is -1.98. The molecular weight excluding hydrogens is 427 g/mol. The van der Waals surface area contributed by atoms with Crippen molar-refractivity contribution < 1.29 is 4.74 Å². The first-order chi connectivity index (χ1) is 9.58. The second-order valence-electron chi connectivity index (χ2n) is 4.59. The van der Waals surface area contributed by atoms with Crippen molar-refractivity contribution in [2.24, 2.45) is 0 Å². The number of rotatable bonds is 2. The van der Waals surface area contributed by atoms with Crippen LogP contribution >= 0.6 is 55.1 Å². The van der Waals surface area contributed by atoms with E-state index >= 15 is 0 Å². The number of hydrogen-bond acceptors (Lipinski definition) is 1. The molecule has 3 rings (SSSR count). The van der Waals surface area contributed by atoms with Crippen molar-refractivity contribution in [2.45, 2.75) is 11.8 Å². The molecule has 1 aliphatic heterocycles. The van der Waals surface area contributed by atoms with E-state index in [4.69, 9.17) is 27.9 Å². The summed E-state index contributed by atoms with van der Waals surface area (Å²) < 4.78 is 7.59. The van der Waals surface area contributed by atoms with Crippen LogP contribution in [0.4, 0.5) is 0 Å². The molecule has 0 aliphatic carbocycles. The maximum absolute atomic E-state index is 6.66. The van der Waals surface area contributed by atoms with Crippen molar-refractivity contribution in [3.05, 3.63) is 61.0 Å². The van der Waals surface area contributed by atoms with Crippen LogP contribution in [-0.2, 0) is 6.42 Å². The van der Waals surface area contributed by atoms with Gasteiger partial charge < -0.3 is 4.74 Å². The molecular formula is C15H10Br2Cl2O. The van der Waals surface area contributed by atoms with Gasteiger partial charge in [-0.05, 0) is 45.3 Å². The van der Waals surface area contributed by atoms with Gasteiger partial charge in [0, 0.05) is 20.9 Å². The maximum Gasteiger partial charge on any atom is 0.127 e. The smallest absolute Gasteiger partial charge is 0.127 e. The number of halogens is 4. The Morgan fingerprint density at radius 2 is 1.95 bits per heavy atom. The highest BCUT2D eigenvalue weighted by atomic mass is 79.9. The molecule has 104 valence electrons. The monoisotopic (exact) mass is 434 g/mol. The van der Waals surface area contributed by atoms with Crippen LogP contribution in [0.25, 0.3) is 0 Å². The van der Waals surface area contributed by atoms with E-state index in [0.29, 0.717) is 11.6 Å². The molecule has 5 heteroatoms. The van der Waals surface area contributed by atoms with E-state index < -0.39 is 0 Å². The predicted octanol–water partition coefficient (Wildman–Crippen LogP) is 6.13. The molecule has 1 nitrogen and oxygen atoms in total. The average Bonchev–Trinajstić information content (AvgIpc) is 2.88. The Morgan fingerprint density at radius 1 is 1.15 bits per heavy atom. The molecule has 2 aromatic carbocycles. The molecule has 1 unspecified atom stereocenters. The molecule has 2 aromatic rings. The third kappa shape index (κ3) is 2.61. The van der Waals surface area contributed by atoms with Gasteiger partial charge in [-0.2, -0.15) is 0 Å². The Kier molecular flexibility index (Phi) is 4.32. The summed E-state index contributed by atoms with van der Waals surface area (Å²) in [5.41, 5.74) is 3.01. The lowest BCUT2D eigenvalue weighted by atomic mass is 10.0. The van der Waals surface area contributed by atoms with E-state index in [1.54, 1.807) is 0 Å². The zero-order valence-corrected chi connectivity index (χ0v) is 15.0. The molecule has 0 aromatic heterocycles. The van der Waals surface area contributed by atoms with Gasteiger partial charge in [0.05, 0.1) is 17.0 Å². The maximum atomic E-state index is 6.66. The first kappa shape index (κ1) is 14.7. The average molecular weight is 437 g/mol. The highest BCUT2D eigenvalue weighted by Gasteiger charge is 2.24. The second-order valence-corrected chi connectivity index (χ2v) is 7.17. The van der Waals surface area contributed by atoms with Crippen LogP contribution in [0.3, 0.4) is 0 Å². The van der Waals surface area contributed by atoms with Gasteiger partial charge in [-0.15, -0.1) is 11.6 Å². The van der Waals surface area contributed by atoms with Gasteiger partial charge in [0.1, 0.15) is 5.75 Å². The lowest BCUT2D eigenvalue weighted by molar-refractivity contribution is 0.353. The van der Waals surface area contributed by atoms with Crippen LogP contribution in [0.2, 0.25) is 5.02 Å². The summed E-state index contributed by atoms with van der Waals surface area (Å²) in [6.45, 7) is 0.703. The van der Waals surface area contributed by atoms with E-state index in [2.05, 4.69) is 37.9 Å². The molecule has 20 heavy (non-hydrogen) atoms. The summed E-state index contributed by atoms with van der Waals surface area (Å²) in [5.74, 6) is 0.893. The summed E-state index contributed by atoms with van der Waals surface area (Å²) in [5, 5.41) is 0.295. The van der Waals surface area contributed by atoms with Crippen molar-refractivity contribution in [1.82, 2.24) is 0 Å². The Hall–Kier alpha value is -0.220. The fourth-order valence-corrected chi connectivity index (χ4v) is 3.91. The summed E-state index contributed by atoms with van der Waals surface area (Å²) in [4.78, 5) is 0. The molecule has 0 radical (unpaired) electrons. The topological polar surface area (TPSA) is 9.23 Å². The van der Waals surface area contributed by atoms with Crippen LogP contribution in [-0.4, -0.2) is 6.61 Å². The largest absolute Gasteiger partial charge is 0.493 e. The molecule has 0 N–H and O–H groups in total. The Labute approximate surface area is 144 Å². The van der Waals surface area contributed by atoms with Crippen molar-refractivity contribution in [1.29, 1.82) is 0 Å². The van der Waals surface area contributed by atoms with Crippen LogP contribution in [0.1, 0.15) is 22.1 Å². The first-order valence-electron chi connectivity index (χ1n) is 6.11. The van der Waals surface area contributed by atoms with Crippen molar-refractivity contribution in [3.8, 4) is 5.75 Å². The van der Waals surface area contributed by atoms with Gasteiger partial charge in [-0.1, -0.05) is 39.7 Å². The second kappa shape index (κ2) is 5.88. The normalized spacial score (nSPS) is 14.8.